The number of aromatic hydroxyl groups is 1. The van der Waals surface area contributed by atoms with Gasteiger partial charge in [0.25, 0.3) is 0 Å². The van der Waals surface area contributed by atoms with Crippen LogP contribution in [0.3, 0.4) is 0 Å². The van der Waals surface area contributed by atoms with Crippen molar-refractivity contribution in [3.8, 4) is 11.5 Å². The van der Waals surface area contributed by atoms with Gasteiger partial charge >= 0.3 is 0 Å². The zero-order valence-corrected chi connectivity index (χ0v) is 8.09. The minimum Gasteiger partial charge on any atom is -0.507 e. The van der Waals surface area contributed by atoms with E-state index in [2.05, 4.69) is 0 Å². The van der Waals surface area contributed by atoms with Gasteiger partial charge in [0.15, 0.2) is 0 Å². The number of hydrogen-bond acceptors (Lipinski definition) is 3. The SMILES string of the molecule is COc1cc(CO)c(O)c(C)c1C. The van der Waals surface area contributed by atoms with E-state index in [1.165, 1.54) is 0 Å². The third-order valence-electron chi connectivity index (χ3n) is 2.29. The predicted molar refractivity (Wildman–Crippen MR) is 50.1 cm³/mol. The molecule has 0 spiro atoms. The van der Waals surface area contributed by atoms with Gasteiger partial charge in [-0.3, -0.25) is 0 Å². The van der Waals surface area contributed by atoms with Crippen LogP contribution in [0.2, 0.25) is 0 Å². The van der Waals surface area contributed by atoms with E-state index in [-0.39, 0.29) is 12.4 Å². The zero-order chi connectivity index (χ0) is 10.0. The predicted octanol–water partition coefficient (Wildman–Crippen LogP) is 1.51. The third kappa shape index (κ3) is 1.60. The van der Waals surface area contributed by atoms with Crippen LogP contribution in [-0.4, -0.2) is 17.3 Å². The van der Waals surface area contributed by atoms with Gasteiger partial charge in [-0.05, 0) is 31.0 Å². The van der Waals surface area contributed by atoms with Gasteiger partial charge in [-0.2, -0.15) is 0 Å². The van der Waals surface area contributed by atoms with E-state index >= 15 is 0 Å². The molecule has 0 unspecified atom stereocenters. The summed E-state index contributed by atoms with van der Waals surface area (Å²) in [6.07, 6.45) is 0. The standard InChI is InChI=1S/C10H14O3/c1-6-7(2)10(12)8(5-11)4-9(6)13-3/h4,11-12H,5H2,1-3H3. The van der Waals surface area contributed by atoms with Gasteiger partial charge in [0.1, 0.15) is 11.5 Å². The molecule has 0 bridgehead atoms. The molecule has 0 aliphatic carbocycles. The molecular formula is C10H14O3. The first-order valence-corrected chi connectivity index (χ1v) is 4.08. The Hall–Kier alpha value is -1.22. The first kappa shape index (κ1) is 9.86. The second kappa shape index (κ2) is 3.66. The first-order chi connectivity index (χ1) is 6.11. The van der Waals surface area contributed by atoms with Crippen LogP contribution in [0.25, 0.3) is 0 Å². The molecule has 3 heteroatoms. The van der Waals surface area contributed by atoms with Crippen LogP contribution >= 0.6 is 0 Å². The summed E-state index contributed by atoms with van der Waals surface area (Å²) in [5.41, 5.74) is 2.15. The quantitative estimate of drug-likeness (QED) is 0.728. The van der Waals surface area contributed by atoms with Crippen molar-refractivity contribution in [1.29, 1.82) is 0 Å². The highest BCUT2D eigenvalue weighted by Gasteiger charge is 2.10. The average Bonchev–Trinajstić information content (AvgIpc) is 2.15. The maximum Gasteiger partial charge on any atom is 0.124 e. The minimum atomic E-state index is -0.177. The molecule has 0 aromatic heterocycles. The number of aliphatic hydroxyl groups is 1. The molecule has 0 heterocycles. The Bertz CT molecular complexity index is 290. The van der Waals surface area contributed by atoms with E-state index in [9.17, 15) is 5.11 Å². The number of phenols is 1. The van der Waals surface area contributed by atoms with E-state index in [4.69, 9.17) is 9.84 Å². The summed E-state index contributed by atoms with van der Waals surface area (Å²) in [5, 5.41) is 18.5. The Balaban J connectivity index is 3.36. The molecule has 0 saturated heterocycles. The Morgan fingerprint density at radius 3 is 2.38 bits per heavy atom. The molecule has 1 aromatic carbocycles. The summed E-state index contributed by atoms with van der Waals surface area (Å²) in [5.74, 6) is 0.847. The molecule has 1 rings (SSSR count). The number of rotatable bonds is 2. The maximum absolute atomic E-state index is 9.58. The highest BCUT2D eigenvalue weighted by molar-refractivity contribution is 5.51. The summed E-state index contributed by atoms with van der Waals surface area (Å²) in [6, 6.07) is 1.65. The molecule has 0 atom stereocenters. The normalized spacial score (nSPS) is 10.2. The molecule has 13 heavy (non-hydrogen) atoms. The minimum absolute atomic E-state index is 0.154. The largest absolute Gasteiger partial charge is 0.507 e. The van der Waals surface area contributed by atoms with Crippen molar-refractivity contribution in [2.75, 3.05) is 7.11 Å². The molecular weight excluding hydrogens is 168 g/mol. The van der Waals surface area contributed by atoms with E-state index in [1.807, 2.05) is 6.92 Å². The van der Waals surface area contributed by atoms with E-state index in [0.29, 0.717) is 11.3 Å². The van der Waals surface area contributed by atoms with E-state index in [1.54, 1.807) is 20.1 Å². The summed E-state index contributed by atoms with van der Waals surface area (Å²) in [7, 11) is 1.57. The van der Waals surface area contributed by atoms with Crippen molar-refractivity contribution in [1.82, 2.24) is 0 Å². The smallest absolute Gasteiger partial charge is 0.124 e. The summed E-state index contributed by atoms with van der Waals surface area (Å²) >= 11 is 0. The van der Waals surface area contributed by atoms with Crippen LogP contribution in [0.1, 0.15) is 16.7 Å². The molecule has 0 radical (unpaired) electrons. The number of benzene rings is 1. The summed E-state index contributed by atoms with van der Waals surface area (Å²) in [6.45, 7) is 3.49. The second-order valence-electron chi connectivity index (χ2n) is 2.99. The molecule has 0 saturated carbocycles. The van der Waals surface area contributed by atoms with Crippen LogP contribution in [-0.2, 0) is 6.61 Å². The van der Waals surface area contributed by atoms with Crippen molar-refractivity contribution in [2.45, 2.75) is 20.5 Å². The van der Waals surface area contributed by atoms with Crippen molar-refractivity contribution in [3.63, 3.8) is 0 Å². The number of aliphatic hydroxyl groups excluding tert-OH is 1. The highest BCUT2D eigenvalue weighted by atomic mass is 16.5. The number of methoxy groups -OCH3 is 1. The average molecular weight is 182 g/mol. The Labute approximate surface area is 77.6 Å². The van der Waals surface area contributed by atoms with Gasteiger partial charge in [0.05, 0.1) is 13.7 Å². The summed E-state index contributed by atoms with van der Waals surface area (Å²) < 4.78 is 5.10. The maximum atomic E-state index is 9.58. The van der Waals surface area contributed by atoms with Crippen LogP contribution in [0, 0.1) is 13.8 Å². The van der Waals surface area contributed by atoms with Crippen LogP contribution < -0.4 is 4.74 Å². The third-order valence-corrected chi connectivity index (χ3v) is 2.29. The molecule has 0 fully saturated rings. The van der Waals surface area contributed by atoms with E-state index < -0.39 is 0 Å². The van der Waals surface area contributed by atoms with Crippen molar-refractivity contribution >= 4 is 0 Å². The monoisotopic (exact) mass is 182 g/mol. The molecule has 0 amide bonds. The molecule has 3 nitrogen and oxygen atoms in total. The lowest BCUT2D eigenvalue weighted by Gasteiger charge is -2.12. The number of ether oxygens (including phenoxy) is 1. The highest BCUT2D eigenvalue weighted by Crippen LogP contribution is 2.32. The molecule has 1 aromatic rings. The lowest BCUT2D eigenvalue weighted by atomic mass is 10.0. The first-order valence-electron chi connectivity index (χ1n) is 4.08. The molecule has 0 aliphatic rings. The summed E-state index contributed by atoms with van der Waals surface area (Å²) in [4.78, 5) is 0. The Morgan fingerprint density at radius 1 is 1.31 bits per heavy atom. The lowest BCUT2D eigenvalue weighted by Crippen LogP contribution is -1.95. The molecule has 0 aliphatic heterocycles. The Morgan fingerprint density at radius 2 is 1.92 bits per heavy atom. The van der Waals surface area contributed by atoms with Gasteiger partial charge in [0, 0.05) is 5.56 Å². The fraction of sp³-hybridized carbons (Fsp3) is 0.400. The van der Waals surface area contributed by atoms with Gasteiger partial charge in [-0.25, -0.2) is 0 Å². The van der Waals surface area contributed by atoms with Gasteiger partial charge in [0.2, 0.25) is 0 Å². The van der Waals surface area contributed by atoms with Gasteiger partial charge in [-0.15, -0.1) is 0 Å². The van der Waals surface area contributed by atoms with Crippen LogP contribution in [0.4, 0.5) is 0 Å². The van der Waals surface area contributed by atoms with E-state index in [0.717, 1.165) is 11.1 Å². The van der Waals surface area contributed by atoms with Crippen molar-refractivity contribution in [3.05, 3.63) is 22.8 Å². The van der Waals surface area contributed by atoms with Crippen LogP contribution in [0.15, 0.2) is 6.07 Å². The fourth-order valence-electron chi connectivity index (χ4n) is 1.27. The van der Waals surface area contributed by atoms with Crippen molar-refractivity contribution in [2.24, 2.45) is 0 Å². The van der Waals surface area contributed by atoms with Gasteiger partial charge < -0.3 is 14.9 Å². The van der Waals surface area contributed by atoms with Crippen molar-refractivity contribution < 1.29 is 14.9 Å². The molecule has 2 N–H and O–H groups in total. The Kier molecular flexibility index (Phi) is 2.78. The second-order valence-corrected chi connectivity index (χ2v) is 2.99. The topological polar surface area (TPSA) is 49.7 Å². The fourth-order valence-corrected chi connectivity index (χ4v) is 1.27. The lowest BCUT2D eigenvalue weighted by molar-refractivity contribution is 0.274. The van der Waals surface area contributed by atoms with Gasteiger partial charge in [-0.1, -0.05) is 0 Å². The van der Waals surface area contributed by atoms with Crippen LogP contribution in [0.5, 0.6) is 11.5 Å². The zero-order valence-electron chi connectivity index (χ0n) is 8.09. The molecule has 72 valence electrons. The number of hydrogen-bond donors (Lipinski definition) is 2.